The fourth-order valence-corrected chi connectivity index (χ4v) is 3.79. The number of benzene rings is 3. The lowest BCUT2D eigenvalue weighted by Gasteiger charge is -2.16. The van der Waals surface area contributed by atoms with Crippen molar-refractivity contribution in [2.75, 3.05) is 6.61 Å². The number of aromatic amines is 1. The minimum Gasteiger partial charge on any atom is -0.507 e. The van der Waals surface area contributed by atoms with Gasteiger partial charge in [0.05, 0.1) is 24.3 Å². The van der Waals surface area contributed by atoms with Crippen LogP contribution in [0, 0.1) is 11.2 Å². The van der Waals surface area contributed by atoms with Crippen LogP contribution in [0.3, 0.4) is 0 Å². The number of rotatable bonds is 6. The first-order valence-electron chi connectivity index (χ1n) is 10.3. The van der Waals surface area contributed by atoms with Crippen molar-refractivity contribution in [1.29, 1.82) is 5.41 Å². The van der Waals surface area contributed by atoms with E-state index in [2.05, 4.69) is 4.98 Å². The van der Waals surface area contributed by atoms with Crippen LogP contribution in [0.1, 0.15) is 18.1 Å². The first-order valence-corrected chi connectivity index (χ1v) is 10.3. The molecule has 0 aliphatic rings. The number of fused-ring (bicyclic) bond motifs is 1. The molecule has 33 heavy (non-hydrogen) atoms. The van der Waals surface area contributed by atoms with Crippen molar-refractivity contribution < 1.29 is 24.1 Å². The molecular weight excluding hydrogens is 425 g/mol. The number of phenolic OH excluding ortho intramolecular Hbond substituents is 2. The average molecular weight is 447 g/mol. The number of nitrogens with two attached hydrogens (primary N) is 1. The third-order valence-corrected chi connectivity index (χ3v) is 5.33. The largest absolute Gasteiger partial charge is 0.507 e. The van der Waals surface area contributed by atoms with Crippen LogP contribution in [-0.2, 0) is 16.0 Å². The van der Waals surface area contributed by atoms with Crippen LogP contribution >= 0.6 is 0 Å². The summed E-state index contributed by atoms with van der Waals surface area (Å²) in [6.07, 6.45) is -0.232. The SMILES string of the molecule is CCOC(=O)Cc1cc(-c2cc3cc(C(=N)N)ccc3[nH]2)c(O)c(-c2cccc(F)c2)c1O. The van der Waals surface area contributed by atoms with Gasteiger partial charge in [0.25, 0.3) is 0 Å². The Morgan fingerprint density at radius 1 is 1.12 bits per heavy atom. The highest BCUT2D eigenvalue weighted by molar-refractivity contribution is 6.00. The molecule has 8 heteroatoms. The summed E-state index contributed by atoms with van der Waals surface area (Å²) in [5.74, 6) is -1.76. The molecule has 0 saturated carbocycles. The van der Waals surface area contributed by atoms with Crippen LogP contribution in [0.4, 0.5) is 4.39 Å². The van der Waals surface area contributed by atoms with Crippen LogP contribution in [-0.4, -0.2) is 33.6 Å². The third kappa shape index (κ3) is 4.23. The van der Waals surface area contributed by atoms with Gasteiger partial charge in [-0.3, -0.25) is 10.2 Å². The maximum atomic E-state index is 13.9. The maximum Gasteiger partial charge on any atom is 0.310 e. The molecule has 4 rings (SSSR count). The van der Waals surface area contributed by atoms with Gasteiger partial charge >= 0.3 is 5.97 Å². The smallest absolute Gasteiger partial charge is 0.310 e. The number of phenols is 2. The molecule has 0 radical (unpaired) electrons. The van der Waals surface area contributed by atoms with Gasteiger partial charge in [0, 0.05) is 27.6 Å². The molecule has 0 unspecified atom stereocenters. The van der Waals surface area contributed by atoms with E-state index in [9.17, 15) is 19.4 Å². The number of carbonyl (C=O) groups is 1. The Morgan fingerprint density at radius 2 is 1.91 bits per heavy atom. The van der Waals surface area contributed by atoms with Gasteiger partial charge in [-0.25, -0.2) is 4.39 Å². The van der Waals surface area contributed by atoms with Gasteiger partial charge < -0.3 is 25.7 Å². The van der Waals surface area contributed by atoms with E-state index >= 15 is 0 Å². The third-order valence-electron chi connectivity index (χ3n) is 5.33. The van der Waals surface area contributed by atoms with Crippen LogP contribution in [0.5, 0.6) is 11.5 Å². The van der Waals surface area contributed by atoms with Gasteiger partial charge in [0.15, 0.2) is 0 Å². The number of ether oxygens (including phenoxy) is 1. The van der Waals surface area contributed by atoms with Crippen LogP contribution < -0.4 is 5.73 Å². The number of esters is 1. The molecule has 0 amide bonds. The van der Waals surface area contributed by atoms with E-state index in [0.29, 0.717) is 16.8 Å². The molecule has 0 bridgehead atoms. The van der Waals surface area contributed by atoms with Crippen molar-refractivity contribution in [2.24, 2.45) is 5.73 Å². The van der Waals surface area contributed by atoms with E-state index in [1.54, 1.807) is 37.3 Å². The lowest BCUT2D eigenvalue weighted by Crippen LogP contribution is -2.10. The van der Waals surface area contributed by atoms with E-state index in [1.165, 1.54) is 24.3 Å². The molecule has 0 fully saturated rings. The van der Waals surface area contributed by atoms with Gasteiger partial charge in [-0.1, -0.05) is 12.1 Å². The Balaban J connectivity index is 1.93. The summed E-state index contributed by atoms with van der Waals surface area (Å²) in [6.45, 7) is 1.86. The molecule has 168 valence electrons. The van der Waals surface area contributed by atoms with E-state index in [4.69, 9.17) is 15.9 Å². The standard InChI is InChI=1S/C25H22FN3O4/c1-2-33-21(30)12-16-10-18(20-11-15-8-14(25(27)28)6-7-19(15)29-20)24(32)22(23(16)31)13-4-3-5-17(26)9-13/h3-11,29,31-32H,2,12H2,1H3,(H3,27,28). The molecule has 0 atom stereocenters. The van der Waals surface area contributed by atoms with Gasteiger partial charge in [0.2, 0.25) is 0 Å². The molecule has 0 aliphatic carbocycles. The fourth-order valence-electron chi connectivity index (χ4n) is 3.79. The predicted octanol–water partition coefficient (Wildman–Crippen LogP) is 4.44. The number of aromatic nitrogens is 1. The summed E-state index contributed by atoms with van der Waals surface area (Å²) >= 11 is 0. The van der Waals surface area contributed by atoms with Gasteiger partial charge in [-0.15, -0.1) is 0 Å². The maximum absolute atomic E-state index is 13.9. The van der Waals surface area contributed by atoms with Crippen LogP contribution in [0.25, 0.3) is 33.3 Å². The van der Waals surface area contributed by atoms with Crippen molar-refractivity contribution in [2.45, 2.75) is 13.3 Å². The zero-order chi connectivity index (χ0) is 23.7. The highest BCUT2D eigenvalue weighted by atomic mass is 19.1. The summed E-state index contributed by atoms with van der Waals surface area (Å²) < 4.78 is 18.9. The van der Waals surface area contributed by atoms with E-state index < -0.39 is 11.8 Å². The summed E-state index contributed by atoms with van der Waals surface area (Å²) in [5.41, 5.74) is 8.18. The second-order valence-corrected chi connectivity index (χ2v) is 7.55. The second-order valence-electron chi connectivity index (χ2n) is 7.55. The number of halogens is 1. The number of nitrogens with one attached hydrogen (secondary N) is 2. The Bertz CT molecular complexity index is 1390. The molecule has 4 aromatic rings. The number of carbonyl (C=O) groups excluding carboxylic acids is 1. The molecule has 0 spiro atoms. The van der Waals surface area contributed by atoms with Gasteiger partial charge in [-0.05, 0) is 55.0 Å². The highest BCUT2D eigenvalue weighted by Gasteiger charge is 2.23. The number of aromatic hydroxyl groups is 2. The van der Waals surface area contributed by atoms with E-state index in [-0.39, 0.29) is 47.1 Å². The highest BCUT2D eigenvalue weighted by Crippen LogP contribution is 2.46. The Labute approximate surface area is 188 Å². The summed E-state index contributed by atoms with van der Waals surface area (Å²) in [7, 11) is 0. The zero-order valence-electron chi connectivity index (χ0n) is 17.8. The van der Waals surface area contributed by atoms with Crippen LogP contribution in [0.15, 0.2) is 54.6 Å². The topological polar surface area (TPSA) is 132 Å². The Hall–Kier alpha value is -4.33. The second kappa shape index (κ2) is 8.66. The summed E-state index contributed by atoms with van der Waals surface area (Å²) in [4.78, 5) is 15.3. The molecular formula is C25H22FN3O4. The van der Waals surface area contributed by atoms with Crippen molar-refractivity contribution in [3.63, 3.8) is 0 Å². The minimum absolute atomic E-state index is 0.00868. The van der Waals surface area contributed by atoms with E-state index in [0.717, 1.165) is 10.9 Å². The monoisotopic (exact) mass is 447 g/mol. The lowest BCUT2D eigenvalue weighted by molar-refractivity contribution is -0.142. The summed E-state index contributed by atoms with van der Waals surface area (Å²) in [5, 5.41) is 30.4. The van der Waals surface area contributed by atoms with Gasteiger partial charge in [0.1, 0.15) is 23.2 Å². The quantitative estimate of drug-likeness (QED) is 0.169. The first kappa shape index (κ1) is 21.9. The van der Waals surface area contributed by atoms with Crippen molar-refractivity contribution in [1.82, 2.24) is 4.98 Å². The molecule has 0 saturated heterocycles. The van der Waals surface area contributed by atoms with Gasteiger partial charge in [-0.2, -0.15) is 0 Å². The normalized spacial score (nSPS) is 11.0. The Kier molecular flexibility index (Phi) is 5.74. The minimum atomic E-state index is -0.544. The number of amidine groups is 1. The van der Waals surface area contributed by atoms with Crippen molar-refractivity contribution >= 4 is 22.7 Å². The van der Waals surface area contributed by atoms with Crippen molar-refractivity contribution in [3.8, 4) is 33.9 Å². The summed E-state index contributed by atoms with van der Waals surface area (Å²) in [6, 6.07) is 13.9. The zero-order valence-corrected chi connectivity index (χ0v) is 17.8. The van der Waals surface area contributed by atoms with E-state index in [1.807, 2.05) is 0 Å². The first-order chi connectivity index (χ1) is 15.8. The molecule has 6 N–H and O–H groups in total. The molecule has 0 aliphatic heterocycles. The molecule has 7 nitrogen and oxygen atoms in total. The Morgan fingerprint density at radius 3 is 2.61 bits per heavy atom. The average Bonchev–Trinajstić information content (AvgIpc) is 3.19. The number of hydrogen-bond donors (Lipinski definition) is 5. The molecule has 1 aromatic heterocycles. The lowest BCUT2D eigenvalue weighted by atomic mass is 9.94. The molecule has 1 heterocycles. The van der Waals surface area contributed by atoms with Crippen LogP contribution in [0.2, 0.25) is 0 Å². The number of hydrogen-bond acceptors (Lipinski definition) is 5. The fraction of sp³-hybridized carbons (Fsp3) is 0.120. The van der Waals surface area contributed by atoms with Crippen molar-refractivity contribution in [3.05, 3.63) is 71.5 Å². The number of nitrogen functional groups attached to an aromatic ring is 1. The molecule has 3 aromatic carbocycles. The number of H-pyrrole nitrogens is 1. The predicted molar refractivity (Wildman–Crippen MR) is 124 cm³/mol.